The Kier molecular flexibility index (Phi) is 28.3. The van der Waals surface area contributed by atoms with Crippen molar-refractivity contribution in [2.75, 3.05) is 73.6 Å². The standard InChI is InChI=1S/C58H93NO17/c1-37-15-11-10-12-16-38(2)49(74-30-28-72-26-24-61)35-45-20-18-43(7)58(68,76-45)55(65)56(66)59-22-14-13-17-46(59)57(67)75-50(36-47(62)39(3)32-42(6)53(64)54(70-9)52(63)41(5)31-37)40(4)33-44-19-21-48(51(34-44)69-8)73-29-27-71-25-23-60/h10-12,15-16,32,37,39-41,43-46,48-51,53-54,60-61,64,68H,13-14,17-31,33-36H2,1-9H3/b12-10+,15-11+,38-16+,42-32+/t37-,39-,40-,41-,43-,44+,45+,46+,48-,49?,50+,51-,53-,54+,58-/m1/s1. The molecule has 0 aromatic rings. The third-order valence-corrected chi connectivity index (χ3v) is 15.7. The Morgan fingerprint density at radius 2 is 1.47 bits per heavy atom. The van der Waals surface area contributed by atoms with Gasteiger partial charge in [0.25, 0.3) is 11.7 Å². The summed E-state index contributed by atoms with van der Waals surface area (Å²) in [5.41, 5.74) is 1.19. The van der Waals surface area contributed by atoms with Crippen molar-refractivity contribution in [2.24, 2.45) is 35.5 Å². The molecule has 2 saturated heterocycles. The Bertz CT molecular complexity index is 1950. The number of piperidine rings is 1. The molecule has 76 heavy (non-hydrogen) atoms. The molecule has 1 aliphatic carbocycles. The molecule has 0 aromatic carbocycles. The normalized spacial score (nSPS) is 36.3. The summed E-state index contributed by atoms with van der Waals surface area (Å²) in [5.74, 6) is -8.31. The summed E-state index contributed by atoms with van der Waals surface area (Å²) in [4.78, 5) is 72.9. The van der Waals surface area contributed by atoms with Crippen LogP contribution >= 0.6 is 0 Å². The maximum absolute atomic E-state index is 14.6. The Hall–Kier alpha value is -3.53. The second kappa shape index (κ2) is 33.2. The van der Waals surface area contributed by atoms with Crippen LogP contribution in [0.1, 0.15) is 126 Å². The van der Waals surface area contributed by atoms with Gasteiger partial charge in [-0.25, -0.2) is 4.79 Å². The van der Waals surface area contributed by atoms with Crippen LogP contribution < -0.4 is 0 Å². The average molecular weight is 1080 g/mol. The molecule has 2 bridgehead atoms. The molecule has 0 spiro atoms. The minimum absolute atomic E-state index is 0.0211. The van der Waals surface area contributed by atoms with E-state index in [1.54, 1.807) is 40.9 Å². The second-order valence-corrected chi connectivity index (χ2v) is 21.7. The van der Waals surface area contributed by atoms with E-state index in [1.807, 2.05) is 51.2 Å². The van der Waals surface area contributed by atoms with Crippen LogP contribution in [0, 0.1) is 35.5 Å². The number of amides is 1. The van der Waals surface area contributed by atoms with E-state index in [0.29, 0.717) is 70.2 Å². The quantitative estimate of drug-likeness (QED) is 0.0600. The Morgan fingerprint density at radius 3 is 2.14 bits per heavy atom. The number of aliphatic hydroxyl groups is 4. The lowest BCUT2D eigenvalue weighted by Gasteiger charge is -2.43. The number of carbonyl (C=O) groups is 5. The number of esters is 1. The number of fused-ring (bicyclic) bond motifs is 3. The molecule has 4 rings (SSSR count). The van der Waals surface area contributed by atoms with Gasteiger partial charge in [-0.05, 0) is 107 Å². The third-order valence-electron chi connectivity index (χ3n) is 15.7. The van der Waals surface area contributed by atoms with Crippen molar-refractivity contribution in [2.45, 2.75) is 180 Å². The zero-order valence-electron chi connectivity index (χ0n) is 46.9. The number of hydrogen-bond acceptors (Lipinski definition) is 17. The largest absolute Gasteiger partial charge is 0.460 e. The highest BCUT2D eigenvalue weighted by Gasteiger charge is 2.53. The van der Waals surface area contributed by atoms with Crippen molar-refractivity contribution < 1.29 is 82.3 Å². The van der Waals surface area contributed by atoms with Crippen molar-refractivity contribution in [3.05, 3.63) is 47.6 Å². The SMILES string of the molecule is CO[C@@H]1C[C@H](C[C@@H](C)[C@@H]2CC(=O)[C@H](C)/C=C(\C)[C@@H](O)[C@@H](OC)C(=O)[C@H](C)C[C@H](C)/C=C/C=C/C=C(\C)C(OCCOCCO)C[C@@H]3CC[C@@H](C)[C@@](O)(O3)C(=O)C(=O)N3CCCC[C@H]3C(=O)O2)CC[C@H]1OCCOCCO. The fraction of sp³-hybridized carbons (Fsp3) is 0.776. The van der Waals surface area contributed by atoms with E-state index >= 15 is 0 Å². The number of carbonyl (C=O) groups excluding carboxylic acids is 5. The van der Waals surface area contributed by atoms with Gasteiger partial charge in [0, 0.05) is 51.4 Å². The number of methoxy groups -OCH3 is 2. The van der Waals surface area contributed by atoms with Gasteiger partial charge in [-0.2, -0.15) is 0 Å². The van der Waals surface area contributed by atoms with Crippen LogP contribution in [0.3, 0.4) is 0 Å². The predicted octanol–water partition coefficient (Wildman–Crippen LogP) is 5.59. The molecule has 1 amide bonds. The second-order valence-electron chi connectivity index (χ2n) is 21.7. The summed E-state index contributed by atoms with van der Waals surface area (Å²) in [5, 5.41) is 42.0. The highest BCUT2D eigenvalue weighted by molar-refractivity contribution is 6.39. The fourth-order valence-electron chi connectivity index (χ4n) is 11.0. The molecule has 432 valence electrons. The number of nitrogens with zero attached hydrogens (tertiary/aromatic N) is 1. The number of cyclic esters (lactones) is 1. The third kappa shape index (κ3) is 19.4. The van der Waals surface area contributed by atoms with Gasteiger partial charge in [-0.15, -0.1) is 0 Å². The van der Waals surface area contributed by atoms with E-state index in [4.69, 9.17) is 43.0 Å². The number of rotatable bonds is 17. The summed E-state index contributed by atoms with van der Waals surface area (Å²) in [7, 11) is 3.01. The Labute approximate surface area is 451 Å². The zero-order chi connectivity index (χ0) is 56.0. The number of ether oxygens (including phenoxy) is 8. The van der Waals surface area contributed by atoms with Crippen molar-refractivity contribution in [3.8, 4) is 0 Å². The lowest BCUT2D eigenvalue weighted by atomic mass is 9.78. The molecule has 1 unspecified atom stereocenters. The van der Waals surface area contributed by atoms with E-state index < -0.39 is 77.8 Å². The van der Waals surface area contributed by atoms with Crippen LogP contribution in [0.25, 0.3) is 0 Å². The summed E-state index contributed by atoms with van der Waals surface area (Å²) in [6.45, 7) is 13.9. The molecule has 0 radical (unpaired) electrons. The number of ketones is 3. The van der Waals surface area contributed by atoms with Gasteiger partial charge in [0.1, 0.15) is 30.1 Å². The van der Waals surface area contributed by atoms with Crippen LogP contribution in [0.5, 0.6) is 0 Å². The van der Waals surface area contributed by atoms with Gasteiger partial charge in [0.05, 0.1) is 77.3 Å². The molecule has 18 heteroatoms. The lowest BCUT2D eigenvalue weighted by Crippen LogP contribution is -2.61. The van der Waals surface area contributed by atoms with Gasteiger partial charge in [-0.1, -0.05) is 71.1 Å². The van der Waals surface area contributed by atoms with Crippen LogP contribution in [-0.4, -0.2) is 183 Å². The van der Waals surface area contributed by atoms with Crippen LogP contribution in [0.2, 0.25) is 0 Å². The highest BCUT2D eigenvalue weighted by atomic mass is 16.6. The summed E-state index contributed by atoms with van der Waals surface area (Å²) in [6.07, 6.45) is 11.3. The molecule has 4 aliphatic rings. The van der Waals surface area contributed by atoms with Crippen LogP contribution in [0.4, 0.5) is 0 Å². The molecule has 4 N–H and O–H groups in total. The van der Waals surface area contributed by atoms with E-state index in [1.165, 1.54) is 12.0 Å². The van der Waals surface area contributed by atoms with E-state index in [2.05, 4.69) is 0 Å². The van der Waals surface area contributed by atoms with E-state index in [9.17, 15) is 39.3 Å². The van der Waals surface area contributed by atoms with Crippen molar-refractivity contribution in [3.63, 3.8) is 0 Å². The molecule has 1 saturated carbocycles. The number of Topliss-reactive ketones (excluding diaryl/α,β-unsaturated/α-hetero) is 3. The van der Waals surface area contributed by atoms with E-state index in [0.717, 1.165) is 12.0 Å². The van der Waals surface area contributed by atoms with Gasteiger partial charge < -0.3 is 63.2 Å². The monoisotopic (exact) mass is 1080 g/mol. The lowest BCUT2D eigenvalue weighted by molar-refractivity contribution is -0.266. The maximum Gasteiger partial charge on any atom is 0.329 e. The Balaban J connectivity index is 1.69. The van der Waals surface area contributed by atoms with Gasteiger partial charge in [0.15, 0.2) is 5.78 Å². The molecule has 3 heterocycles. The highest BCUT2D eigenvalue weighted by Crippen LogP contribution is 2.38. The van der Waals surface area contributed by atoms with Crippen molar-refractivity contribution in [1.29, 1.82) is 0 Å². The molecular weight excluding hydrogens is 983 g/mol. The Morgan fingerprint density at radius 1 is 0.776 bits per heavy atom. The molecule has 3 aliphatic heterocycles. The molecule has 3 fully saturated rings. The number of hydrogen-bond donors (Lipinski definition) is 4. The summed E-state index contributed by atoms with van der Waals surface area (Å²) >= 11 is 0. The minimum Gasteiger partial charge on any atom is -0.460 e. The first-order chi connectivity index (χ1) is 36.3. The first-order valence-corrected chi connectivity index (χ1v) is 27.9. The smallest absolute Gasteiger partial charge is 0.329 e. The molecular formula is C58H93NO17. The van der Waals surface area contributed by atoms with Crippen molar-refractivity contribution >= 4 is 29.2 Å². The molecule has 0 aromatic heterocycles. The van der Waals surface area contributed by atoms with Crippen molar-refractivity contribution in [1.82, 2.24) is 4.90 Å². The minimum atomic E-state index is -2.50. The van der Waals surface area contributed by atoms with Gasteiger partial charge >= 0.3 is 5.97 Å². The topological polar surface area (TPSA) is 243 Å². The van der Waals surface area contributed by atoms with Gasteiger partial charge in [0.2, 0.25) is 5.79 Å². The predicted molar refractivity (Wildman–Crippen MR) is 284 cm³/mol. The van der Waals surface area contributed by atoms with E-state index in [-0.39, 0.29) is 107 Å². The molecule has 18 nitrogen and oxygen atoms in total. The number of aliphatic hydroxyl groups excluding tert-OH is 3. The zero-order valence-corrected chi connectivity index (χ0v) is 46.9. The van der Waals surface area contributed by atoms with Crippen LogP contribution in [0.15, 0.2) is 47.6 Å². The average Bonchev–Trinajstić information content (AvgIpc) is 3.40. The summed E-state index contributed by atoms with van der Waals surface area (Å²) < 4.78 is 47.3. The first kappa shape index (κ1) is 65.0. The fourth-order valence-corrected chi connectivity index (χ4v) is 11.0. The first-order valence-electron chi connectivity index (χ1n) is 27.9. The van der Waals surface area contributed by atoms with Gasteiger partial charge in [-0.3, -0.25) is 19.2 Å². The number of allylic oxidation sites excluding steroid dienone is 6. The van der Waals surface area contributed by atoms with Crippen LogP contribution in [-0.2, 0) is 61.9 Å². The summed E-state index contributed by atoms with van der Waals surface area (Å²) in [6, 6.07) is -1.18. The maximum atomic E-state index is 14.6. The molecule has 15 atom stereocenters.